The predicted octanol–water partition coefficient (Wildman–Crippen LogP) is 1.44. The summed E-state index contributed by atoms with van der Waals surface area (Å²) in [6.07, 6.45) is 0. The number of para-hydroxylation sites is 1. The number of anilines is 1. The van der Waals surface area contributed by atoms with Gasteiger partial charge in [0.25, 0.3) is 0 Å². The molecule has 1 saturated heterocycles. The van der Waals surface area contributed by atoms with Crippen molar-refractivity contribution in [2.24, 2.45) is 0 Å². The van der Waals surface area contributed by atoms with Crippen LogP contribution in [0, 0.1) is 13.8 Å². The molecule has 0 aromatic heterocycles. The smallest absolute Gasteiger partial charge is 0.324 e. The number of benzene rings is 1. The van der Waals surface area contributed by atoms with Crippen molar-refractivity contribution in [1.82, 2.24) is 9.80 Å². The minimum absolute atomic E-state index is 0.439. The van der Waals surface area contributed by atoms with E-state index in [0.29, 0.717) is 10.6 Å². The van der Waals surface area contributed by atoms with Gasteiger partial charge in [-0.3, -0.25) is 19.3 Å². The summed E-state index contributed by atoms with van der Waals surface area (Å²) in [7, 11) is 0. The fourth-order valence-electron chi connectivity index (χ4n) is 2.45. The fraction of sp³-hybridized carbons (Fsp3) is 0.375. The molecule has 1 fully saturated rings. The number of urea groups is 1. The zero-order chi connectivity index (χ0) is 17.3. The third-order valence-electron chi connectivity index (χ3n) is 3.65. The van der Waals surface area contributed by atoms with E-state index in [1.54, 1.807) is 13.8 Å². The van der Waals surface area contributed by atoms with Crippen molar-refractivity contribution >= 4 is 29.4 Å². The summed E-state index contributed by atoms with van der Waals surface area (Å²) in [5, 5.41) is 2.69. The van der Waals surface area contributed by atoms with Gasteiger partial charge >= 0.3 is 17.8 Å². The van der Waals surface area contributed by atoms with Crippen LogP contribution >= 0.6 is 0 Å². The first-order valence-electron chi connectivity index (χ1n) is 7.29. The van der Waals surface area contributed by atoms with Crippen LogP contribution in [0.25, 0.3) is 0 Å². The molecule has 0 atom stereocenters. The molecule has 122 valence electrons. The Kier molecular flexibility index (Phi) is 4.49. The molecule has 0 spiro atoms. The summed E-state index contributed by atoms with van der Waals surface area (Å²) >= 11 is 0. The molecule has 1 aromatic carbocycles. The maximum atomic E-state index is 12.2. The maximum Gasteiger partial charge on any atom is 0.334 e. The van der Waals surface area contributed by atoms with Crippen LogP contribution in [0.15, 0.2) is 18.2 Å². The highest BCUT2D eigenvalue weighted by molar-refractivity contribution is 6.45. The van der Waals surface area contributed by atoms with E-state index >= 15 is 0 Å². The Morgan fingerprint density at radius 1 is 1.09 bits per heavy atom. The van der Waals surface area contributed by atoms with Crippen LogP contribution in [0.5, 0.6) is 0 Å². The minimum atomic E-state index is -0.972. The number of aryl methyl sites for hydroxylation is 2. The number of rotatable bonds is 4. The third-order valence-corrected chi connectivity index (χ3v) is 3.65. The number of carbonyl (C=O) groups is 4. The van der Waals surface area contributed by atoms with E-state index in [2.05, 4.69) is 5.32 Å². The number of amides is 5. The Bertz CT molecular complexity index is 676. The molecule has 2 rings (SSSR count). The Hall–Kier alpha value is -2.70. The monoisotopic (exact) mass is 317 g/mol. The highest BCUT2D eigenvalue weighted by atomic mass is 16.2. The molecular formula is C16H19N3O4. The van der Waals surface area contributed by atoms with Crippen LogP contribution in [-0.4, -0.2) is 46.1 Å². The standard InChI is InChI=1S/C16H19N3O4/c1-9(2)19-15(22)14(21)18(16(19)23)8-12(20)17-13-10(3)6-5-7-11(13)4/h5-7,9H,8H2,1-4H3,(H,17,20). The first-order chi connectivity index (χ1) is 10.7. The van der Waals surface area contributed by atoms with Gasteiger partial charge < -0.3 is 5.32 Å². The van der Waals surface area contributed by atoms with Crippen molar-refractivity contribution in [1.29, 1.82) is 0 Å². The molecule has 1 N–H and O–H groups in total. The number of hydrogen-bond acceptors (Lipinski definition) is 4. The first-order valence-corrected chi connectivity index (χ1v) is 7.29. The topological polar surface area (TPSA) is 86.8 Å². The molecule has 1 aliphatic heterocycles. The average molecular weight is 317 g/mol. The number of hydrogen-bond donors (Lipinski definition) is 1. The van der Waals surface area contributed by atoms with Gasteiger partial charge in [-0.15, -0.1) is 0 Å². The van der Waals surface area contributed by atoms with Crippen LogP contribution in [0.3, 0.4) is 0 Å². The van der Waals surface area contributed by atoms with Crippen LogP contribution < -0.4 is 5.32 Å². The van der Waals surface area contributed by atoms with E-state index in [1.807, 2.05) is 32.0 Å². The van der Waals surface area contributed by atoms with E-state index < -0.39 is 36.3 Å². The van der Waals surface area contributed by atoms with Gasteiger partial charge in [-0.05, 0) is 38.8 Å². The van der Waals surface area contributed by atoms with Gasteiger partial charge in [-0.25, -0.2) is 9.69 Å². The molecule has 7 heteroatoms. The number of nitrogens with one attached hydrogen (secondary N) is 1. The zero-order valence-electron chi connectivity index (χ0n) is 13.5. The number of imide groups is 2. The van der Waals surface area contributed by atoms with Gasteiger partial charge in [0.1, 0.15) is 6.54 Å². The Morgan fingerprint density at radius 3 is 2.13 bits per heavy atom. The van der Waals surface area contributed by atoms with E-state index in [9.17, 15) is 19.2 Å². The van der Waals surface area contributed by atoms with Crippen molar-refractivity contribution in [3.63, 3.8) is 0 Å². The Morgan fingerprint density at radius 2 is 1.65 bits per heavy atom. The van der Waals surface area contributed by atoms with Gasteiger partial charge in [0, 0.05) is 11.7 Å². The lowest BCUT2D eigenvalue weighted by atomic mass is 10.1. The largest absolute Gasteiger partial charge is 0.334 e. The molecule has 1 heterocycles. The van der Waals surface area contributed by atoms with E-state index in [1.165, 1.54) is 0 Å². The second kappa shape index (κ2) is 6.20. The fourth-order valence-corrected chi connectivity index (χ4v) is 2.45. The lowest BCUT2D eigenvalue weighted by molar-refractivity contribution is -0.144. The normalized spacial score (nSPS) is 14.9. The van der Waals surface area contributed by atoms with E-state index in [0.717, 1.165) is 16.0 Å². The molecule has 0 bridgehead atoms. The molecule has 5 amide bonds. The predicted molar refractivity (Wildman–Crippen MR) is 83.6 cm³/mol. The SMILES string of the molecule is Cc1cccc(C)c1NC(=O)CN1C(=O)C(=O)N(C(C)C)C1=O. The first kappa shape index (κ1) is 16.7. The summed E-state index contributed by atoms with van der Waals surface area (Å²) in [4.78, 5) is 49.5. The molecule has 0 aliphatic carbocycles. The van der Waals surface area contributed by atoms with Crippen molar-refractivity contribution < 1.29 is 19.2 Å². The van der Waals surface area contributed by atoms with E-state index in [-0.39, 0.29) is 0 Å². The molecular weight excluding hydrogens is 298 g/mol. The van der Waals surface area contributed by atoms with Crippen molar-refractivity contribution in [3.8, 4) is 0 Å². The molecule has 1 aromatic rings. The Labute approximate surface area is 134 Å². The molecule has 0 radical (unpaired) electrons. The van der Waals surface area contributed by atoms with Crippen LogP contribution in [0.2, 0.25) is 0 Å². The molecule has 7 nitrogen and oxygen atoms in total. The van der Waals surface area contributed by atoms with Crippen LogP contribution in [0.4, 0.5) is 10.5 Å². The summed E-state index contributed by atoms with van der Waals surface area (Å²) in [5.41, 5.74) is 2.39. The highest BCUT2D eigenvalue weighted by Gasteiger charge is 2.46. The van der Waals surface area contributed by atoms with Gasteiger partial charge in [-0.2, -0.15) is 0 Å². The second-order valence-corrected chi connectivity index (χ2v) is 5.76. The lowest BCUT2D eigenvalue weighted by Crippen LogP contribution is -2.40. The summed E-state index contributed by atoms with van der Waals surface area (Å²) in [6, 6.07) is 4.36. The minimum Gasteiger partial charge on any atom is -0.324 e. The van der Waals surface area contributed by atoms with Gasteiger partial charge in [-0.1, -0.05) is 18.2 Å². The van der Waals surface area contributed by atoms with Crippen LogP contribution in [-0.2, 0) is 14.4 Å². The highest BCUT2D eigenvalue weighted by Crippen LogP contribution is 2.20. The lowest BCUT2D eigenvalue weighted by Gasteiger charge is -2.18. The van der Waals surface area contributed by atoms with Crippen molar-refractivity contribution in [2.45, 2.75) is 33.7 Å². The quantitative estimate of drug-likeness (QED) is 0.672. The maximum absolute atomic E-state index is 12.2. The van der Waals surface area contributed by atoms with Crippen molar-refractivity contribution in [2.75, 3.05) is 11.9 Å². The summed E-state index contributed by atoms with van der Waals surface area (Å²) in [6.45, 7) is 6.46. The number of nitrogens with zero attached hydrogens (tertiary/aromatic N) is 2. The van der Waals surface area contributed by atoms with Crippen molar-refractivity contribution in [3.05, 3.63) is 29.3 Å². The van der Waals surface area contributed by atoms with Gasteiger partial charge in [0.05, 0.1) is 0 Å². The molecule has 1 aliphatic rings. The van der Waals surface area contributed by atoms with E-state index in [4.69, 9.17) is 0 Å². The van der Waals surface area contributed by atoms with Crippen LogP contribution in [0.1, 0.15) is 25.0 Å². The summed E-state index contributed by atoms with van der Waals surface area (Å²) in [5.74, 6) is -2.40. The number of carbonyl (C=O) groups excluding carboxylic acids is 4. The Balaban J connectivity index is 2.13. The zero-order valence-corrected chi connectivity index (χ0v) is 13.5. The molecule has 0 unspecified atom stereocenters. The van der Waals surface area contributed by atoms with Gasteiger partial charge in [0.2, 0.25) is 5.91 Å². The molecule has 0 saturated carbocycles. The average Bonchev–Trinajstić information content (AvgIpc) is 2.67. The summed E-state index contributed by atoms with van der Waals surface area (Å²) < 4.78 is 0. The third kappa shape index (κ3) is 3.08. The van der Waals surface area contributed by atoms with Gasteiger partial charge in [0.15, 0.2) is 0 Å². The molecule has 23 heavy (non-hydrogen) atoms. The second-order valence-electron chi connectivity index (χ2n) is 5.76.